The highest BCUT2D eigenvalue weighted by Crippen LogP contribution is 2.68. The van der Waals surface area contributed by atoms with Crippen molar-refractivity contribution in [3.63, 3.8) is 0 Å². The van der Waals surface area contributed by atoms with Gasteiger partial charge in [-0.25, -0.2) is 0 Å². The Balaban J connectivity index is 1.52. The molecule has 0 bridgehead atoms. The fourth-order valence-corrected chi connectivity index (χ4v) is 9.88. The van der Waals surface area contributed by atoms with E-state index in [9.17, 15) is 4.79 Å². The summed E-state index contributed by atoms with van der Waals surface area (Å²) < 4.78 is 0. The van der Waals surface area contributed by atoms with E-state index in [0.717, 1.165) is 54.3 Å². The van der Waals surface area contributed by atoms with Crippen LogP contribution in [0.25, 0.3) is 0 Å². The fourth-order valence-electron chi connectivity index (χ4n) is 9.88. The van der Waals surface area contributed by atoms with E-state index in [1.54, 1.807) is 0 Å². The molecule has 0 aromatic rings. The highest BCUT2D eigenvalue weighted by atomic mass is 16.1. The van der Waals surface area contributed by atoms with E-state index >= 15 is 0 Å². The van der Waals surface area contributed by atoms with Crippen LogP contribution in [-0.4, -0.2) is 5.78 Å². The number of Topliss-reactive ketones (excluding diaryl/α,β-unsaturated/α-hetero) is 1. The van der Waals surface area contributed by atoms with E-state index in [1.807, 2.05) is 0 Å². The molecular formula is C31H52O. The van der Waals surface area contributed by atoms with Crippen molar-refractivity contribution in [1.82, 2.24) is 0 Å². The average molecular weight is 441 g/mol. The molecule has 3 saturated carbocycles. The molecule has 0 saturated heterocycles. The lowest BCUT2D eigenvalue weighted by molar-refractivity contribution is -0.132. The summed E-state index contributed by atoms with van der Waals surface area (Å²) in [6, 6.07) is 0. The summed E-state index contributed by atoms with van der Waals surface area (Å²) in [4.78, 5) is 12.8. The second kappa shape index (κ2) is 8.57. The largest absolute Gasteiger partial charge is 0.299 e. The van der Waals surface area contributed by atoms with Gasteiger partial charge in [0, 0.05) is 11.8 Å². The van der Waals surface area contributed by atoms with Crippen molar-refractivity contribution in [3.8, 4) is 0 Å². The molecule has 3 fully saturated rings. The molecule has 0 aromatic carbocycles. The van der Waals surface area contributed by atoms with Crippen molar-refractivity contribution >= 4 is 5.78 Å². The highest BCUT2D eigenvalue weighted by Gasteiger charge is 2.61. The summed E-state index contributed by atoms with van der Waals surface area (Å²) in [5.41, 5.74) is 2.07. The van der Waals surface area contributed by atoms with Crippen LogP contribution in [0.1, 0.15) is 120 Å². The van der Waals surface area contributed by atoms with Gasteiger partial charge in [-0.05, 0) is 111 Å². The van der Waals surface area contributed by atoms with Gasteiger partial charge in [0.1, 0.15) is 5.78 Å². The Kier molecular flexibility index (Phi) is 6.57. The maximum Gasteiger partial charge on any atom is 0.142 e. The molecule has 4 aliphatic rings. The number of hydrogen-bond donors (Lipinski definition) is 0. The smallest absolute Gasteiger partial charge is 0.142 e. The quantitative estimate of drug-likeness (QED) is 0.377. The first-order chi connectivity index (χ1) is 15.0. The minimum atomic E-state index is -0.238. The van der Waals surface area contributed by atoms with Crippen LogP contribution in [0.15, 0.2) is 11.6 Å². The Labute approximate surface area is 199 Å². The first-order valence-electron chi connectivity index (χ1n) is 14.2. The standard InChI is InChI=1S/C31H52O/c1-9-22(20(2)3)11-10-21(4)24-13-14-25-23-12-15-27-29(5,6)28(32)17-19-31(27,8)26(23)16-18-30(24,25)7/h15,20-26H,9-14,16-19H2,1-8H3/t21-,22+,23-,24+,25-,26-,30-,31-/m1/s1. The number of fused-ring (bicyclic) bond motifs is 5. The van der Waals surface area contributed by atoms with Crippen LogP contribution in [0.5, 0.6) is 0 Å². The molecule has 0 amide bonds. The van der Waals surface area contributed by atoms with E-state index in [0.29, 0.717) is 11.2 Å². The van der Waals surface area contributed by atoms with Crippen LogP contribution in [0.3, 0.4) is 0 Å². The molecule has 1 nitrogen and oxygen atoms in total. The third-order valence-corrected chi connectivity index (χ3v) is 11.9. The van der Waals surface area contributed by atoms with Crippen molar-refractivity contribution in [1.29, 1.82) is 0 Å². The first-order valence-corrected chi connectivity index (χ1v) is 14.2. The summed E-state index contributed by atoms with van der Waals surface area (Å²) in [5, 5.41) is 0. The molecule has 0 N–H and O–H groups in total. The summed E-state index contributed by atoms with van der Waals surface area (Å²) >= 11 is 0. The third kappa shape index (κ3) is 3.67. The summed E-state index contributed by atoms with van der Waals surface area (Å²) in [6.45, 7) is 19.5. The van der Waals surface area contributed by atoms with Gasteiger partial charge >= 0.3 is 0 Å². The normalized spacial score (nSPS) is 42.7. The van der Waals surface area contributed by atoms with Crippen LogP contribution in [0, 0.1) is 57.7 Å². The van der Waals surface area contributed by atoms with Crippen LogP contribution in [-0.2, 0) is 4.79 Å². The zero-order valence-electron chi connectivity index (χ0n) is 22.6. The Hall–Kier alpha value is -0.590. The van der Waals surface area contributed by atoms with Gasteiger partial charge in [0.2, 0.25) is 0 Å². The predicted molar refractivity (Wildman–Crippen MR) is 136 cm³/mol. The SMILES string of the molecule is CC[C@@H](CC[C@@H](C)[C@@H]1CC[C@@H]2[C@H]3CC=C4C(C)(C)C(=O)CC[C@]4(C)[C@@H]3CC[C@@]21C)C(C)C. The van der Waals surface area contributed by atoms with Gasteiger partial charge in [-0.3, -0.25) is 4.79 Å². The maximum absolute atomic E-state index is 12.8. The molecule has 0 aliphatic heterocycles. The van der Waals surface area contributed by atoms with E-state index < -0.39 is 0 Å². The summed E-state index contributed by atoms with van der Waals surface area (Å²) in [5.74, 6) is 6.53. The lowest BCUT2D eigenvalue weighted by atomic mass is 9.44. The van der Waals surface area contributed by atoms with Crippen molar-refractivity contribution in [2.24, 2.45) is 57.7 Å². The number of ketones is 1. The minimum absolute atomic E-state index is 0.238. The van der Waals surface area contributed by atoms with Crippen molar-refractivity contribution in [2.45, 2.75) is 120 Å². The Morgan fingerprint density at radius 2 is 1.69 bits per heavy atom. The zero-order chi connectivity index (χ0) is 23.5. The second-order valence-corrected chi connectivity index (χ2v) is 13.9. The number of carbonyl (C=O) groups is 1. The van der Waals surface area contributed by atoms with E-state index in [-0.39, 0.29) is 10.8 Å². The second-order valence-electron chi connectivity index (χ2n) is 13.9. The Morgan fingerprint density at radius 1 is 0.969 bits per heavy atom. The van der Waals surface area contributed by atoms with Crippen LogP contribution in [0.4, 0.5) is 0 Å². The molecule has 182 valence electrons. The van der Waals surface area contributed by atoms with Gasteiger partial charge < -0.3 is 0 Å². The molecule has 32 heavy (non-hydrogen) atoms. The van der Waals surface area contributed by atoms with Gasteiger partial charge in [0.15, 0.2) is 0 Å². The summed E-state index contributed by atoms with van der Waals surface area (Å²) in [6.07, 6.45) is 15.6. The molecule has 0 radical (unpaired) electrons. The van der Waals surface area contributed by atoms with Gasteiger partial charge in [0.25, 0.3) is 0 Å². The summed E-state index contributed by atoms with van der Waals surface area (Å²) in [7, 11) is 0. The third-order valence-electron chi connectivity index (χ3n) is 11.9. The number of allylic oxidation sites excluding steroid dienone is 2. The zero-order valence-corrected chi connectivity index (χ0v) is 22.6. The number of rotatable bonds is 6. The topological polar surface area (TPSA) is 17.1 Å². The Bertz CT molecular complexity index is 744. The molecule has 0 unspecified atom stereocenters. The van der Waals surface area contributed by atoms with Crippen LogP contribution < -0.4 is 0 Å². The van der Waals surface area contributed by atoms with E-state index in [1.165, 1.54) is 56.9 Å². The minimum Gasteiger partial charge on any atom is -0.299 e. The van der Waals surface area contributed by atoms with Crippen LogP contribution >= 0.6 is 0 Å². The number of hydrogen-bond acceptors (Lipinski definition) is 1. The maximum atomic E-state index is 12.8. The molecule has 0 aromatic heterocycles. The molecule has 0 spiro atoms. The van der Waals surface area contributed by atoms with Gasteiger partial charge in [0.05, 0.1) is 0 Å². The predicted octanol–water partition coefficient (Wildman–Crippen LogP) is 8.87. The lowest BCUT2D eigenvalue weighted by Gasteiger charge is -2.60. The van der Waals surface area contributed by atoms with Crippen LogP contribution in [0.2, 0.25) is 0 Å². The van der Waals surface area contributed by atoms with E-state index in [2.05, 4.69) is 61.5 Å². The molecule has 4 aliphatic carbocycles. The van der Waals surface area contributed by atoms with Crippen molar-refractivity contribution in [2.75, 3.05) is 0 Å². The molecular weight excluding hydrogens is 388 g/mol. The molecule has 1 heteroatoms. The van der Waals surface area contributed by atoms with Gasteiger partial charge in [-0.2, -0.15) is 0 Å². The van der Waals surface area contributed by atoms with Gasteiger partial charge in [-0.15, -0.1) is 0 Å². The average Bonchev–Trinajstić information content (AvgIpc) is 3.08. The fraction of sp³-hybridized carbons (Fsp3) is 0.903. The first kappa shape index (κ1) is 24.5. The lowest BCUT2D eigenvalue weighted by Crippen LogP contribution is -2.53. The van der Waals surface area contributed by atoms with E-state index in [4.69, 9.17) is 0 Å². The molecule has 8 atom stereocenters. The van der Waals surface area contributed by atoms with Crippen molar-refractivity contribution < 1.29 is 4.79 Å². The highest BCUT2D eigenvalue weighted by molar-refractivity contribution is 5.89. The van der Waals surface area contributed by atoms with Crippen molar-refractivity contribution in [3.05, 3.63) is 11.6 Å². The monoisotopic (exact) mass is 440 g/mol. The molecule has 4 rings (SSSR count). The Morgan fingerprint density at radius 3 is 2.34 bits per heavy atom. The number of carbonyl (C=O) groups excluding carboxylic acids is 1. The van der Waals surface area contributed by atoms with Gasteiger partial charge in [-0.1, -0.05) is 66.0 Å². The molecule has 0 heterocycles.